The number of ether oxygens (including phenoxy) is 2. The first-order valence-electron chi connectivity index (χ1n) is 9.50. The number of alkyl halides is 1. The molecule has 1 aliphatic carbocycles. The van der Waals surface area contributed by atoms with Gasteiger partial charge in [0.15, 0.2) is 0 Å². The van der Waals surface area contributed by atoms with Gasteiger partial charge in [0.1, 0.15) is 30.8 Å². The van der Waals surface area contributed by atoms with E-state index in [2.05, 4.69) is 55.5 Å². The standard InChI is InChI=1S/C22H31IO5/c1-21(2,16-4-6-19(7-5-16)28-15-18(26)13-24)22(3)10-8-20(9-11-22)27-14-17(25)12-23/h4-10,17-18,24-26H,11-15H2,1-3H3. The highest BCUT2D eigenvalue weighted by atomic mass is 127. The predicted molar refractivity (Wildman–Crippen MR) is 119 cm³/mol. The first kappa shape index (κ1) is 23.2. The lowest BCUT2D eigenvalue weighted by Crippen LogP contribution is -2.38. The molecule has 0 heterocycles. The zero-order valence-electron chi connectivity index (χ0n) is 16.8. The van der Waals surface area contributed by atoms with Crippen LogP contribution in [-0.2, 0) is 10.2 Å². The van der Waals surface area contributed by atoms with E-state index in [1.807, 2.05) is 30.3 Å². The largest absolute Gasteiger partial charge is 0.491 e. The molecule has 3 N–H and O–H groups in total. The fourth-order valence-corrected chi connectivity index (χ4v) is 3.32. The first-order chi connectivity index (χ1) is 13.2. The van der Waals surface area contributed by atoms with Crippen LogP contribution in [0.5, 0.6) is 5.75 Å². The molecule has 2 rings (SSSR count). The number of hydrogen-bond donors (Lipinski definition) is 3. The van der Waals surface area contributed by atoms with Crippen LogP contribution in [0.2, 0.25) is 0 Å². The SMILES string of the molecule is CC1(C(C)(C)c2ccc(OCC(O)CO)cc2)C=CC(OCC(O)CI)=CC1. The van der Waals surface area contributed by atoms with E-state index >= 15 is 0 Å². The Hall–Kier alpha value is -1.09. The molecule has 0 radical (unpaired) electrons. The van der Waals surface area contributed by atoms with Crippen LogP contribution in [0.15, 0.2) is 48.3 Å². The molecule has 0 spiro atoms. The van der Waals surface area contributed by atoms with Crippen molar-refractivity contribution in [2.24, 2.45) is 5.41 Å². The van der Waals surface area contributed by atoms with Crippen molar-refractivity contribution in [1.29, 1.82) is 0 Å². The van der Waals surface area contributed by atoms with Crippen LogP contribution in [0.3, 0.4) is 0 Å². The Labute approximate surface area is 181 Å². The van der Waals surface area contributed by atoms with Crippen molar-refractivity contribution in [2.75, 3.05) is 24.2 Å². The topological polar surface area (TPSA) is 79.2 Å². The third-order valence-electron chi connectivity index (χ3n) is 5.62. The highest BCUT2D eigenvalue weighted by Gasteiger charge is 2.40. The van der Waals surface area contributed by atoms with Crippen molar-refractivity contribution in [3.05, 3.63) is 53.8 Å². The molecule has 0 saturated heterocycles. The summed E-state index contributed by atoms with van der Waals surface area (Å²) in [4.78, 5) is 0. The van der Waals surface area contributed by atoms with E-state index in [4.69, 9.17) is 14.6 Å². The van der Waals surface area contributed by atoms with E-state index in [9.17, 15) is 10.2 Å². The molecule has 0 bridgehead atoms. The molecule has 1 aliphatic rings. The van der Waals surface area contributed by atoms with Gasteiger partial charge in [-0.15, -0.1) is 0 Å². The van der Waals surface area contributed by atoms with E-state index in [1.165, 1.54) is 5.56 Å². The summed E-state index contributed by atoms with van der Waals surface area (Å²) in [7, 11) is 0. The van der Waals surface area contributed by atoms with E-state index in [0.717, 1.165) is 12.2 Å². The van der Waals surface area contributed by atoms with Crippen LogP contribution in [0.25, 0.3) is 0 Å². The summed E-state index contributed by atoms with van der Waals surface area (Å²) >= 11 is 2.14. The van der Waals surface area contributed by atoms with Crippen molar-refractivity contribution in [1.82, 2.24) is 0 Å². The maximum Gasteiger partial charge on any atom is 0.119 e. The van der Waals surface area contributed by atoms with Gasteiger partial charge in [0.05, 0.1) is 12.7 Å². The average Bonchev–Trinajstić information content (AvgIpc) is 2.71. The molecule has 0 aromatic heterocycles. The molecule has 0 saturated carbocycles. The minimum Gasteiger partial charge on any atom is -0.491 e. The summed E-state index contributed by atoms with van der Waals surface area (Å²) in [5.74, 6) is 1.48. The van der Waals surface area contributed by atoms with Gasteiger partial charge in [-0.3, -0.25) is 0 Å². The molecule has 0 aliphatic heterocycles. The third kappa shape index (κ3) is 5.72. The lowest BCUT2D eigenvalue weighted by Gasteiger charge is -2.44. The second kappa shape index (κ2) is 10.1. The lowest BCUT2D eigenvalue weighted by molar-refractivity contribution is 0.0536. The second-order valence-electron chi connectivity index (χ2n) is 7.98. The average molecular weight is 502 g/mol. The molecule has 3 unspecified atom stereocenters. The molecular formula is C22H31IO5. The smallest absolute Gasteiger partial charge is 0.119 e. The van der Waals surface area contributed by atoms with Crippen LogP contribution in [0.4, 0.5) is 0 Å². The van der Waals surface area contributed by atoms with Crippen molar-refractivity contribution in [3.63, 3.8) is 0 Å². The fraction of sp³-hybridized carbons (Fsp3) is 0.545. The molecular weight excluding hydrogens is 471 g/mol. The molecule has 3 atom stereocenters. The Morgan fingerprint density at radius 2 is 1.75 bits per heavy atom. The van der Waals surface area contributed by atoms with Gasteiger partial charge in [-0.2, -0.15) is 0 Å². The summed E-state index contributed by atoms with van der Waals surface area (Å²) in [5.41, 5.74) is 0.973. The number of rotatable bonds is 10. The van der Waals surface area contributed by atoms with Crippen molar-refractivity contribution >= 4 is 22.6 Å². The molecule has 1 aromatic carbocycles. The van der Waals surface area contributed by atoms with Crippen LogP contribution >= 0.6 is 22.6 Å². The molecule has 0 amide bonds. The Balaban J connectivity index is 2.03. The number of aliphatic hydroxyl groups is 3. The van der Waals surface area contributed by atoms with Crippen LogP contribution in [0.1, 0.15) is 32.8 Å². The van der Waals surface area contributed by atoms with Crippen molar-refractivity contribution < 1.29 is 24.8 Å². The zero-order valence-corrected chi connectivity index (χ0v) is 18.9. The van der Waals surface area contributed by atoms with E-state index in [-0.39, 0.29) is 24.0 Å². The van der Waals surface area contributed by atoms with E-state index < -0.39 is 12.2 Å². The van der Waals surface area contributed by atoms with Crippen molar-refractivity contribution in [2.45, 2.75) is 44.8 Å². The van der Waals surface area contributed by atoms with Crippen molar-refractivity contribution in [3.8, 4) is 5.75 Å². The van der Waals surface area contributed by atoms with E-state index in [0.29, 0.717) is 16.8 Å². The Morgan fingerprint density at radius 3 is 2.29 bits per heavy atom. The van der Waals surface area contributed by atoms with Crippen LogP contribution < -0.4 is 4.74 Å². The number of benzene rings is 1. The Bertz CT molecular complexity index is 683. The quantitative estimate of drug-likeness (QED) is 0.338. The molecule has 6 heteroatoms. The first-order valence-corrected chi connectivity index (χ1v) is 11.0. The van der Waals surface area contributed by atoms with E-state index in [1.54, 1.807) is 0 Å². The summed E-state index contributed by atoms with van der Waals surface area (Å²) in [6.45, 7) is 6.75. The zero-order chi connectivity index (χ0) is 20.8. The van der Waals surface area contributed by atoms with Gasteiger partial charge >= 0.3 is 0 Å². The van der Waals surface area contributed by atoms with Gasteiger partial charge in [0.2, 0.25) is 0 Å². The lowest BCUT2D eigenvalue weighted by atomic mass is 9.60. The predicted octanol–water partition coefficient (Wildman–Crippen LogP) is 3.36. The monoisotopic (exact) mass is 502 g/mol. The number of hydrogen-bond acceptors (Lipinski definition) is 5. The third-order valence-corrected chi connectivity index (χ3v) is 6.64. The normalized spacial score (nSPS) is 21.8. The maximum absolute atomic E-state index is 9.65. The number of aliphatic hydroxyl groups excluding tert-OH is 3. The minimum absolute atomic E-state index is 0.0690. The van der Waals surface area contributed by atoms with Crippen LogP contribution in [0, 0.1) is 5.41 Å². The number of allylic oxidation sites excluding steroid dienone is 3. The fourth-order valence-electron chi connectivity index (χ4n) is 3.06. The van der Waals surface area contributed by atoms with Gasteiger partial charge in [0, 0.05) is 4.43 Å². The van der Waals surface area contributed by atoms with Gasteiger partial charge < -0.3 is 24.8 Å². The Kier molecular flexibility index (Phi) is 8.36. The second-order valence-corrected chi connectivity index (χ2v) is 8.86. The summed E-state index contributed by atoms with van der Waals surface area (Å²) < 4.78 is 11.8. The van der Waals surface area contributed by atoms with Gasteiger partial charge in [-0.05, 0) is 47.1 Å². The highest BCUT2D eigenvalue weighted by Crippen LogP contribution is 2.47. The van der Waals surface area contributed by atoms with Gasteiger partial charge in [-0.25, -0.2) is 0 Å². The summed E-state index contributed by atoms with van der Waals surface area (Å²) in [6.07, 6.45) is 5.81. The molecule has 156 valence electrons. The maximum atomic E-state index is 9.65. The highest BCUT2D eigenvalue weighted by molar-refractivity contribution is 14.1. The minimum atomic E-state index is -0.872. The Morgan fingerprint density at radius 1 is 1.11 bits per heavy atom. The van der Waals surface area contributed by atoms with Gasteiger partial charge in [-0.1, -0.05) is 61.6 Å². The molecule has 0 fully saturated rings. The molecule has 1 aromatic rings. The van der Waals surface area contributed by atoms with Crippen LogP contribution in [-0.4, -0.2) is 51.8 Å². The summed E-state index contributed by atoms with van der Waals surface area (Å²) in [6, 6.07) is 7.89. The molecule has 5 nitrogen and oxygen atoms in total. The molecule has 28 heavy (non-hydrogen) atoms. The summed E-state index contributed by atoms with van der Waals surface area (Å²) in [5, 5.41) is 27.9. The van der Waals surface area contributed by atoms with Gasteiger partial charge in [0.25, 0.3) is 0 Å². The number of halogens is 1.